The van der Waals surface area contributed by atoms with E-state index < -0.39 is 0 Å². The van der Waals surface area contributed by atoms with Gasteiger partial charge in [-0.15, -0.1) is 0 Å². The second-order valence-corrected chi connectivity index (χ2v) is 4.86. The third-order valence-corrected chi connectivity index (χ3v) is 3.54. The summed E-state index contributed by atoms with van der Waals surface area (Å²) in [4.78, 5) is 0. The van der Waals surface area contributed by atoms with Crippen LogP contribution in [0.2, 0.25) is 5.02 Å². The maximum atomic E-state index is 6.27. The van der Waals surface area contributed by atoms with Crippen LogP contribution >= 0.6 is 11.6 Å². The molecule has 0 bridgehead atoms. The van der Waals surface area contributed by atoms with Gasteiger partial charge in [0.05, 0.1) is 17.3 Å². The SMILES string of the molecule is CCCn1cccc1CNc1cccc(C)c1Cl. The minimum atomic E-state index is 0.802. The predicted octanol–water partition coefficient (Wildman–Crippen LogP) is 4.47. The monoisotopic (exact) mass is 262 g/mol. The van der Waals surface area contributed by atoms with E-state index in [1.165, 1.54) is 5.69 Å². The Balaban J connectivity index is 2.07. The van der Waals surface area contributed by atoms with Crippen LogP contribution in [-0.2, 0) is 13.1 Å². The van der Waals surface area contributed by atoms with Gasteiger partial charge >= 0.3 is 0 Å². The lowest BCUT2D eigenvalue weighted by Crippen LogP contribution is -2.07. The molecule has 18 heavy (non-hydrogen) atoms. The molecule has 2 aromatic rings. The van der Waals surface area contributed by atoms with Gasteiger partial charge in [0.25, 0.3) is 0 Å². The van der Waals surface area contributed by atoms with Crippen molar-refractivity contribution in [3.05, 3.63) is 52.8 Å². The fourth-order valence-corrected chi connectivity index (χ4v) is 2.23. The maximum absolute atomic E-state index is 6.27. The van der Waals surface area contributed by atoms with Crippen LogP contribution in [0.5, 0.6) is 0 Å². The first kappa shape index (κ1) is 13.0. The Hall–Kier alpha value is -1.41. The molecule has 2 rings (SSSR count). The Bertz CT molecular complexity index is 517. The highest BCUT2D eigenvalue weighted by Crippen LogP contribution is 2.25. The number of hydrogen-bond donors (Lipinski definition) is 1. The van der Waals surface area contributed by atoms with Gasteiger partial charge in [0, 0.05) is 18.4 Å². The Morgan fingerprint density at radius 2 is 2.06 bits per heavy atom. The van der Waals surface area contributed by atoms with Gasteiger partial charge in [-0.1, -0.05) is 30.7 Å². The fourth-order valence-electron chi connectivity index (χ4n) is 2.04. The van der Waals surface area contributed by atoms with E-state index in [2.05, 4.69) is 35.1 Å². The zero-order valence-corrected chi connectivity index (χ0v) is 11.7. The fraction of sp³-hybridized carbons (Fsp3) is 0.333. The van der Waals surface area contributed by atoms with Crippen LogP contribution in [0, 0.1) is 6.92 Å². The lowest BCUT2D eigenvalue weighted by atomic mass is 10.2. The quantitative estimate of drug-likeness (QED) is 0.841. The second kappa shape index (κ2) is 5.96. The number of hydrogen-bond acceptors (Lipinski definition) is 1. The van der Waals surface area contributed by atoms with Crippen LogP contribution in [-0.4, -0.2) is 4.57 Å². The molecule has 1 aromatic heterocycles. The third kappa shape index (κ3) is 2.88. The highest BCUT2D eigenvalue weighted by molar-refractivity contribution is 6.33. The molecule has 0 fully saturated rings. The molecule has 0 atom stereocenters. The summed E-state index contributed by atoms with van der Waals surface area (Å²) in [5.74, 6) is 0. The molecule has 0 aliphatic carbocycles. The molecular formula is C15H19ClN2. The maximum Gasteiger partial charge on any atom is 0.0666 e. The number of nitrogens with one attached hydrogen (secondary N) is 1. The molecule has 2 nitrogen and oxygen atoms in total. The number of aryl methyl sites for hydroxylation is 2. The molecule has 0 saturated carbocycles. The lowest BCUT2D eigenvalue weighted by molar-refractivity contribution is 0.654. The van der Waals surface area contributed by atoms with Crippen molar-refractivity contribution in [1.29, 1.82) is 0 Å². The van der Waals surface area contributed by atoms with Crippen molar-refractivity contribution in [2.75, 3.05) is 5.32 Å². The van der Waals surface area contributed by atoms with Crippen LogP contribution in [0.1, 0.15) is 24.6 Å². The van der Waals surface area contributed by atoms with Crippen LogP contribution in [0.25, 0.3) is 0 Å². The highest BCUT2D eigenvalue weighted by atomic mass is 35.5. The molecule has 0 radical (unpaired) electrons. The Morgan fingerprint density at radius 3 is 2.83 bits per heavy atom. The summed E-state index contributed by atoms with van der Waals surface area (Å²) >= 11 is 6.27. The van der Waals surface area contributed by atoms with E-state index in [-0.39, 0.29) is 0 Å². The summed E-state index contributed by atoms with van der Waals surface area (Å²) in [5.41, 5.74) is 3.39. The van der Waals surface area contributed by atoms with Crippen LogP contribution < -0.4 is 5.32 Å². The molecule has 1 aromatic carbocycles. The van der Waals surface area contributed by atoms with Gasteiger partial charge in [-0.25, -0.2) is 0 Å². The highest BCUT2D eigenvalue weighted by Gasteiger charge is 2.04. The van der Waals surface area contributed by atoms with Crippen LogP contribution in [0.15, 0.2) is 36.5 Å². The molecule has 0 amide bonds. The Labute approximate surface area is 114 Å². The zero-order chi connectivity index (χ0) is 13.0. The van der Waals surface area contributed by atoms with Crippen molar-refractivity contribution < 1.29 is 0 Å². The first-order valence-electron chi connectivity index (χ1n) is 6.35. The first-order valence-corrected chi connectivity index (χ1v) is 6.73. The van der Waals surface area contributed by atoms with Gasteiger partial charge in [0.2, 0.25) is 0 Å². The van der Waals surface area contributed by atoms with Gasteiger partial charge < -0.3 is 9.88 Å². The summed E-state index contributed by atoms with van der Waals surface area (Å²) in [6.07, 6.45) is 3.27. The smallest absolute Gasteiger partial charge is 0.0666 e. The number of nitrogens with zero attached hydrogens (tertiary/aromatic N) is 1. The van der Waals surface area contributed by atoms with Crippen molar-refractivity contribution in [3.63, 3.8) is 0 Å². The van der Waals surface area contributed by atoms with E-state index >= 15 is 0 Å². The number of anilines is 1. The van der Waals surface area contributed by atoms with Gasteiger partial charge in [-0.2, -0.15) is 0 Å². The van der Waals surface area contributed by atoms with Crippen molar-refractivity contribution in [2.45, 2.75) is 33.4 Å². The number of aromatic nitrogens is 1. The Morgan fingerprint density at radius 1 is 1.22 bits per heavy atom. The molecule has 1 N–H and O–H groups in total. The minimum absolute atomic E-state index is 0.802. The van der Waals surface area contributed by atoms with Gasteiger partial charge in [-0.3, -0.25) is 0 Å². The molecule has 0 aliphatic heterocycles. The average Bonchev–Trinajstić information content (AvgIpc) is 2.79. The summed E-state index contributed by atoms with van der Waals surface area (Å²) < 4.78 is 2.27. The third-order valence-electron chi connectivity index (χ3n) is 3.04. The molecule has 3 heteroatoms. The Kier molecular flexibility index (Phi) is 4.32. The van der Waals surface area contributed by atoms with Crippen molar-refractivity contribution in [1.82, 2.24) is 4.57 Å². The number of benzene rings is 1. The van der Waals surface area contributed by atoms with Crippen molar-refractivity contribution in [3.8, 4) is 0 Å². The standard InChI is InChI=1S/C15H19ClN2/c1-3-9-18-10-5-7-13(18)11-17-14-8-4-6-12(2)15(14)16/h4-8,10,17H,3,9,11H2,1-2H3. The number of rotatable bonds is 5. The molecule has 0 saturated heterocycles. The summed E-state index contributed by atoms with van der Waals surface area (Å²) in [5, 5.41) is 4.21. The van der Waals surface area contributed by atoms with Gasteiger partial charge in [-0.05, 0) is 37.1 Å². The largest absolute Gasteiger partial charge is 0.378 e. The first-order chi connectivity index (χ1) is 8.72. The lowest BCUT2D eigenvalue weighted by Gasteiger charge is -2.12. The van der Waals surface area contributed by atoms with E-state index in [4.69, 9.17) is 11.6 Å². The molecule has 0 unspecified atom stereocenters. The van der Waals surface area contributed by atoms with Crippen LogP contribution in [0.3, 0.4) is 0 Å². The van der Waals surface area contributed by atoms with Crippen LogP contribution in [0.4, 0.5) is 5.69 Å². The van der Waals surface area contributed by atoms with E-state index in [0.717, 1.165) is 35.8 Å². The topological polar surface area (TPSA) is 17.0 Å². The summed E-state index contributed by atoms with van der Waals surface area (Å²) in [6, 6.07) is 10.3. The van der Waals surface area contributed by atoms with E-state index in [0.29, 0.717) is 0 Å². The average molecular weight is 263 g/mol. The molecule has 96 valence electrons. The molecule has 0 spiro atoms. The normalized spacial score (nSPS) is 10.6. The predicted molar refractivity (Wildman–Crippen MR) is 78.2 cm³/mol. The number of halogens is 1. The van der Waals surface area contributed by atoms with E-state index in [1.807, 2.05) is 25.1 Å². The second-order valence-electron chi connectivity index (χ2n) is 4.48. The summed E-state index contributed by atoms with van der Waals surface area (Å²) in [6.45, 7) is 6.07. The van der Waals surface area contributed by atoms with E-state index in [1.54, 1.807) is 0 Å². The minimum Gasteiger partial charge on any atom is -0.378 e. The molecular weight excluding hydrogens is 244 g/mol. The van der Waals surface area contributed by atoms with Crippen molar-refractivity contribution in [2.24, 2.45) is 0 Å². The molecule has 1 heterocycles. The molecule has 0 aliphatic rings. The zero-order valence-electron chi connectivity index (χ0n) is 10.9. The van der Waals surface area contributed by atoms with Gasteiger partial charge in [0.15, 0.2) is 0 Å². The summed E-state index contributed by atoms with van der Waals surface area (Å²) in [7, 11) is 0. The van der Waals surface area contributed by atoms with Crippen molar-refractivity contribution >= 4 is 17.3 Å². The van der Waals surface area contributed by atoms with Gasteiger partial charge in [0.1, 0.15) is 0 Å². The van der Waals surface area contributed by atoms with E-state index in [9.17, 15) is 0 Å².